The molecule has 1 aliphatic rings. The van der Waals surface area contributed by atoms with Crippen LogP contribution in [0.25, 0.3) is 0 Å². The van der Waals surface area contributed by atoms with Crippen LogP contribution in [0.2, 0.25) is 0 Å². The summed E-state index contributed by atoms with van der Waals surface area (Å²) in [6, 6.07) is 3.32. The molecule has 1 aromatic heterocycles. The summed E-state index contributed by atoms with van der Waals surface area (Å²) in [4.78, 5) is 15.7. The molecular weight excluding hydrogens is 265 g/mol. The SMILES string of the molecule is O=C(C[C@@H]1O[C@@H](O)C(Cl)=C1Cl)c1cccnc1. The van der Waals surface area contributed by atoms with E-state index >= 15 is 0 Å². The van der Waals surface area contributed by atoms with Crippen molar-refractivity contribution in [3.8, 4) is 0 Å². The number of aromatic nitrogens is 1. The largest absolute Gasteiger partial charge is 0.363 e. The van der Waals surface area contributed by atoms with Crippen LogP contribution in [0.15, 0.2) is 34.6 Å². The van der Waals surface area contributed by atoms with Gasteiger partial charge in [0.05, 0.1) is 10.1 Å². The van der Waals surface area contributed by atoms with Gasteiger partial charge in [0, 0.05) is 24.4 Å². The summed E-state index contributed by atoms with van der Waals surface area (Å²) in [6.07, 6.45) is 1.14. The van der Waals surface area contributed by atoms with Crippen LogP contribution < -0.4 is 0 Å². The molecule has 2 heterocycles. The normalized spacial score (nSPS) is 24.2. The first kappa shape index (κ1) is 12.5. The van der Waals surface area contributed by atoms with Crippen LogP contribution in [0.5, 0.6) is 0 Å². The Labute approximate surface area is 108 Å². The molecule has 0 aromatic carbocycles. The van der Waals surface area contributed by atoms with Crippen molar-refractivity contribution in [1.82, 2.24) is 4.98 Å². The monoisotopic (exact) mass is 273 g/mol. The number of pyridine rings is 1. The van der Waals surface area contributed by atoms with Gasteiger partial charge in [0.2, 0.25) is 0 Å². The summed E-state index contributed by atoms with van der Waals surface area (Å²) in [5.41, 5.74) is 0.470. The number of aliphatic hydroxyl groups excluding tert-OH is 1. The number of rotatable bonds is 3. The van der Waals surface area contributed by atoms with E-state index in [4.69, 9.17) is 27.9 Å². The first-order valence-corrected chi connectivity index (χ1v) is 5.67. The number of halogens is 2. The fraction of sp³-hybridized carbons (Fsp3) is 0.273. The van der Waals surface area contributed by atoms with E-state index in [-0.39, 0.29) is 22.3 Å². The van der Waals surface area contributed by atoms with Crippen molar-refractivity contribution in [1.29, 1.82) is 0 Å². The predicted octanol–water partition coefficient (Wildman–Crippen LogP) is 2.06. The number of carbonyl (C=O) groups is 1. The minimum Gasteiger partial charge on any atom is -0.363 e. The molecule has 17 heavy (non-hydrogen) atoms. The van der Waals surface area contributed by atoms with E-state index < -0.39 is 12.4 Å². The second kappa shape index (κ2) is 5.14. The summed E-state index contributed by atoms with van der Waals surface area (Å²) >= 11 is 11.5. The maximum absolute atomic E-state index is 11.8. The molecule has 0 unspecified atom stereocenters. The molecule has 2 rings (SSSR count). The van der Waals surface area contributed by atoms with Crippen molar-refractivity contribution >= 4 is 29.0 Å². The molecule has 0 aliphatic carbocycles. The summed E-state index contributed by atoms with van der Waals surface area (Å²) < 4.78 is 5.05. The minimum absolute atomic E-state index is 0.0256. The highest BCUT2D eigenvalue weighted by molar-refractivity contribution is 6.40. The van der Waals surface area contributed by atoms with Gasteiger partial charge >= 0.3 is 0 Å². The molecule has 6 heteroatoms. The van der Waals surface area contributed by atoms with Crippen LogP contribution in [0.4, 0.5) is 0 Å². The van der Waals surface area contributed by atoms with Gasteiger partial charge in [-0.15, -0.1) is 0 Å². The standard InChI is InChI=1S/C11H9Cl2NO3/c12-9-8(17-11(16)10(9)13)4-7(15)6-2-1-3-14-5-6/h1-3,5,8,11,16H,4H2/t8-,11+/m0/s1. The van der Waals surface area contributed by atoms with Crippen LogP contribution >= 0.6 is 23.2 Å². The Morgan fingerprint density at radius 1 is 1.47 bits per heavy atom. The van der Waals surface area contributed by atoms with Gasteiger partial charge in [-0.3, -0.25) is 9.78 Å². The summed E-state index contributed by atoms with van der Waals surface area (Å²) in [5.74, 6) is -0.167. The number of Topliss-reactive ketones (excluding diaryl/α,β-unsaturated/α-hetero) is 1. The van der Waals surface area contributed by atoms with Gasteiger partial charge in [0.15, 0.2) is 12.1 Å². The zero-order valence-corrected chi connectivity index (χ0v) is 10.1. The van der Waals surface area contributed by atoms with Gasteiger partial charge < -0.3 is 9.84 Å². The Balaban J connectivity index is 2.07. The van der Waals surface area contributed by atoms with E-state index in [1.54, 1.807) is 18.3 Å². The molecular formula is C11H9Cl2NO3. The Bertz CT molecular complexity index is 461. The van der Waals surface area contributed by atoms with Crippen molar-refractivity contribution in [2.24, 2.45) is 0 Å². The van der Waals surface area contributed by atoms with E-state index in [1.165, 1.54) is 6.20 Å². The van der Waals surface area contributed by atoms with Gasteiger partial charge in [-0.1, -0.05) is 23.2 Å². The highest BCUT2D eigenvalue weighted by Crippen LogP contribution is 2.33. The van der Waals surface area contributed by atoms with Crippen LogP contribution in [0.3, 0.4) is 0 Å². The third-order valence-electron chi connectivity index (χ3n) is 2.38. The quantitative estimate of drug-likeness (QED) is 0.857. The highest BCUT2D eigenvalue weighted by atomic mass is 35.5. The van der Waals surface area contributed by atoms with Crippen molar-refractivity contribution in [3.63, 3.8) is 0 Å². The van der Waals surface area contributed by atoms with Gasteiger partial charge in [0.25, 0.3) is 0 Å². The molecule has 1 N–H and O–H groups in total. The second-order valence-electron chi connectivity index (χ2n) is 3.54. The number of nitrogens with zero attached hydrogens (tertiary/aromatic N) is 1. The average Bonchev–Trinajstić information content (AvgIpc) is 2.58. The molecule has 0 saturated heterocycles. The van der Waals surface area contributed by atoms with E-state index in [1.807, 2.05) is 0 Å². The molecule has 90 valence electrons. The molecule has 0 fully saturated rings. The summed E-state index contributed by atoms with van der Waals surface area (Å²) in [6.45, 7) is 0. The van der Waals surface area contributed by atoms with Crippen LogP contribution in [0.1, 0.15) is 16.8 Å². The lowest BCUT2D eigenvalue weighted by Gasteiger charge is -2.10. The van der Waals surface area contributed by atoms with E-state index in [2.05, 4.69) is 4.98 Å². The molecule has 2 atom stereocenters. The van der Waals surface area contributed by atoms with Crippen molar-refractivity contribution in [2.75, 3.05) is 0 Å². The summed E-state index contributed by atoms with van der Waals surface area (Å²) in [7, 11) is 0. The average molecular weight is 274 g/mol. The van der Waals surface area contributed by atoms with Crippen molar-refractivity contribution in [3.05, 3.63) is 40.2 Å². The lowest BCUT2D eigenvalue weighted by atomic mass is 10.1. The molecule has 0 amide bonds. The Morgan fingerprint density at radius 3 is 2.76 bits per heavy atom. The Morgan fingerprint density at radius 2 is 2.24 bits per heavy atom. The van der Waals surface area contributed by atoms with E-state index in [9.17, 15) is 9.90 Å². The van der Waals surface area contributed by atoms with Crippen molar-refractivity contribution in [2.45, 2.75) is 18.8 Å². The zero-order valence-electron chi connectivity index (χ0n) is 8.64. The maximum atomic E-state index is 11.8. The lowest BCUT2D eigenvalue weighted by molar-refractivity contribution is -0.0755. The smallest absolute Gasteiger partial charge is 0.193 e. The van der Waals surface area contributed by atoms with Crippen molar-refractivity contribution < 1.29 is 14.6 Å². The van der Waals surface area contributed by atoms with Gasteiger partial charge in [-0.05, 0) is 12.1 Å². The van der Waals surface area contributed by atoms with Crippen LogP contribution in [-0.2, 0) is 4.74 Å². The predicted molar refractivity (Wildman–Crippen MR) is 62.8 cm³/mol. The Kier molecular flexibility index (Phi) is 3.79. The number of ketones is 1. The summed E-state index contributed by atoms with van der Waals surface area (Å²) in [5, 5.41) is 9.52. The highest BCUT2D eigenvalue weighted by Gasteiger charge is 2.33. The van der Waals surface area contributed by atoms with Gasteiger partial charge in [0.1, 0.15) is 6.10 Å². The number of ether oxygens (including phenoxy) is 1. The van der Waals surface area contributed by atoms with Crippen LogP contribution in [-0.4, -0.2) is 28.3 Å². The molecule has 0 saturated carbocycles. The fourth-order valence-electron chi connectivity index (χ4n) is 1.50. The first-order chi connectivity index (χ1) is 8.09. The topological polar surface area (TPSA) is 59.4 Å². The van der Waals surface area contributed by atoms with Gasteiger partial charge in [-0.25, -0.2) is 0 Å². The molecule has 0 spiro atoms. The number of carbonyl (C=O) groups excluding carboxylic acids is 1. The molecule has 1 aliphatic heterocycles. The fourth-order valence-corrected chi connectivity index (χ4v) is 1.89. The number of hydrogen-bond donors (Lipinski definition) is 1. The number of hydrogen-bond acceptors (Lipinski definition) is 4. The molecule has 4 nitrogen and oxygen atoms in total. The van der Waals surface area contributed by atoms with Crippen LogP contribution in [0, 0.1) is 0 Å². The second-order valence-corrected chi connectivity index (χ2v) is 4.36. The zero-order chi connectivity index (χ0) is 12.4. The van der Waals surface area contributed by atoms with Gasteiger partial charge in [-0.2, -0.15) is 0 Å². The van der Waals surface area contributed by atoms with E-state index in [0.29, 0.717) is 5.56 Å². The lowest BCUT2D eigenvalue weighted by Crippen LogP contribution is -2.17. The minimum atomic E-state index is -1.24. The third kappa shape index (κ3) is 2.66. The first-order valence-electron chi connectivity index (χ1n) is 4.91. The van der Waals surface area contributed by atoms with E-state index in [0.717, 1.165) is 0 Å². The molecule has 1 aromatic rings. The molecule has 0 radical (unpaired) electrons. The number of aliphatic hydroxyl groups is 1. The maximum Gasteiger partial charge on any atom is 0.193 e. The third-order valence-corrected chi connectivity index (χ3v) is 3.31. The molecule has 0 bridgehead atoms. The Hall–Kier alpha value is -0.940.